The first-order chi connectivity index (χ1) is 6.40. The number of rotatable bonds is 3. The summed E-state index contributed by atoms with van der Waals surface area (Å²) in [6.07, 6.45) is 0. The molecule has 0 aliphatic carbocycles. The fraction of sp³-hybridized carbons (Fsp3) is 0.250. The molecule has 5 heteroatoms. The van der Waals surface area contributed by atoms with Crippen molar-refractivity contribution in [2.45, 2.75) is 6.61 Å². The first-order valence-electron chi connectivity index (χ1n) is 3.75. The van der Waals surface area contributed by atoms with Crippen LogP contribution in [0.2, 0.25) is 0 Å². The first-order valence-corrected chi connectivity index (χ1v) is 4.63. The molecule has 0 aliphatic rings. The zero-order chi connectivity index (χ0) is 9.10. The van der Waals surface area contributed by atoms with Gasteiger partial charge in [0, 0.05) is 7.11 Å². The van der Waals surface area contributed by atoms with E-state index in [4.69, 9.17) is 9.26 Å². The summed E-state index contributed by atoms with van der Waals surface area (Å²) in [5.41, 5.74) is 0. The lowest BCUT2D eigenvalue weighted by Crippen LogP contribution is -1.86. The lowest BCUT2D eigenvalue weighted by Gasteiger charge is -1.86. The number of methoxy groups -OCH3 is 1. The molecule has 0 unspecified atom stereocenters. The molecule has 13 heavy (non-hydrogen) atoms. The van der Waals surface area contributed by atoms with Crippen LogP contribution in [0.3, 0.4) is 0 Å². The van der Waals surface area contributed by atoms with Crippen molar-refractivity contribution in [2.75, 3.05) is 7.11 Å². The highest BCUT2D eigenvalue weighted by Crippen LogP contribution is 2.21. The average Bonchev–Trinajstić information content (AvgIpc) is 2.70. The van der Waals surface area contributed by atoms with Gasteiger partial charge in [-0.1, -0.05) is 11.2 Å². The smallest absolute Gasteiger partial charge is 0.252 e. The molecule has 68 valence electrons. The van der Waals surface area contributed by atoms with Crippen LogP contribution >= 0.6 is 11.3 Å². The van der Waals surface area contributed by atoms with E-state index in [2.05, 4.69) is 10.1 Å². The summed E-state index contributed by atoms with van der Waals surface area (Å²) in [5, 5.41) is 5.80. The molecule has 0 aromatic carbocycles. The summed E-state index contributed by atoms with van der Waals surface area (Å²) in [4.78, 5) is 5.16. The zero-order valence-corrected chi connectivity index (χ0v) is 7.87. The number of thiophene rings is 1. The maximum Gasteiger partial charge on any atom is 0.252 e. The molecular formula is C8H8N2O2S. The van der Waals surface area contributed by atoms with Gasteiger partial charge in [0.1, 0.15) is 6.61 Å². The Balaban J connectivity index is 2.23. The molecule has 0 saturated carbocycles. The standard InChI is InChI=1S/C8H8N2O2S/c1-11-5-7-9-8(10-12-7)6-3-2-4-13-6/h2-4H,5H2,1H3. The maximum absolute atomic E-state index is 4.95. The Hall–Kier alpha value is -1.20. The lowest BCUT2D eigenvalue weighted by atomic mass is 10.4. The van der Waals surface area contributed by atoms with Gasteiger partial charge in [0.05, 0.1) is 4.88 Å². The van der Waals surface area contributed by atoms with E-state index in [0.717, 1.165) is 4.88 Å². The van der Waals surface area contributed by atoms with Crippen LogP contribution in [0.1, 0.15) is 5.89 Å². The summed E-state index contributed by atoms with van der Waals surface area (Å²) in [5.74, 6) is 1.13. The Morgan fingerprint density at radius 3 is 3.23 bits per heavy atom. The van der Waals surface area contributed by atoms with E-state index in [1.54, 1.807) is 18.4 Å². The fourth-order valence-corrected chi connectivity index (χ4v) is 1.59. The van der Waals surface area contributed by atoms with Gasteiger partial charge in [0.25, 0.3) is 5.89 Å². The predicted octanol–water partition coefficient (Wildman–Crippen LogP) is 1.94. The highest BCUT2D eigenvalue weighted by Gasteiger charge is 2.07. The second-order valence-corrected chi connectivity index (χ2v) is 3.37. The predicted molar refractivity (Wildman–Crippen MR) is 48.3 cm³/mol. The SMILES string of the molecule is COCc1nc(-c2cccs2)no1. The topological polar surface area (TPSA) is 48.2 Å². The molecule has 0 fully saturated rings. The van der Waals surface area contributed by atoms with Gasteiger partial charge in [0.15, 0.2) is 0 Å². The van der Waals surface area contributed by atoms with Crippen LogP contribution in [0.4, 0.5) is 0 Å². The Kier molecular flexibility index (Phi) is 2.37. The summed E-state index contributed by atoms with van der Waals surface area (Å²) < 4.78 is 9.82. The van der Waals surface area contributed by atoms with Crippen LogP contribution < -0.4 is 0 Å². The van der Waals surface area contributed by atoms with Crippen molar-refractivity contribution >= 4 is 11.3 Å². The molecule has 4 nitrogen and oxygen atoms in total. The summed E-state index contributed by atoms with van der Waals surface area (Å²) in [7, 11) is 1.59. The fourth-order valence-electron chi connectivity index (χ4n) is 0.943. The van der Waals surface area contributed by atoms with Crippen molar-refractivity contribution < 1.29 is 9.26 Å². The minimum Gasteiger partial charge on any atom is -0.375 e. The third-order valence-electron chi connectivity index (χ3n) is 1.48. The maximum atomic E-state index is 4.95. The highest BCUT2D eigenvalue weighted by molar-refractivity contribution is 7.13. The molecule has 0 spiro atoms. The molecule has 0 amide bonds. The van der Waals surface area contributed by atoms with Crippen molar-refractivity contribution in [3.05, 3.63) is 23.4 Å². The quantitative estimate of drug-likeness (QED) is 0.752. The summed E-state index contributed by atoms with van der Waals surface area (Å²) in [6.45, 7) is 0.359. The van der Waals surface area contributed by atoms with Gasteiger partial charge < -0.3 is 9.26 Å². The molecule has 2 rings (SSSR count). The van der Waals surface area contributed by atoms with Crippen LogP contribution in [0.25, 0.3) is 10.7 Å². The van der Waals surface area contributed by atoms with Gasteiger partial charge in [-0.2, -0.15) is 4.98 Å². The Labute approximate surface area is 79.2 Å². The molecule has 0 saturated heterocycles. The monoisotopic (exact) mass is 196 g/mol. The van der Waals surface area contributed by atoms with Gasteiger partial charge in [-0.25, -0.2) is 0 Å². The normalized spacial score (nSPS) is 10.5. The van der Waals surface area contributed by atoms with Crippen molar-refractivity contribution in [3.8, 4) is 10.7 Å². The summed E-state index contributed by atoms with van der Waals surface area (Å²) in [6, 6.07) is 3.90. The van der Waals surface area contributed by atoms with Gasteiger partial charge >= 0.3 is 0 Å². The van der Waals surface area contributed by atoms with Crippen molar-refractivity contribution in [3.63, 3.8) is 0 Å². The molecule has 0 N–H and O–H groups in total. The van der Waals surface area contributed by atoms with E-state index in [0.29, 0.717) is 18.3 Å². The first kappa shape index (κ1) is 8.40. The molecule has 2 heterocycles. The van der Waals surface area contributed by atoms with E-state index in [1.807, 2.05) is 17.5 Å². The van der Waals surface area contributed by atoms with Crippen LogP contribution in [-0.2, 0) is 11.3 Å². The lowest BCUT2D eigenvalue weighted by molar-refractivity contribution is 0.151. The van der Waals surface area contributed by atoms with Crippen LogP contribution in [0.15, 0.2) is 22.0 Å². The van der Waals surface area contributed by atoms with Crippen molar-refractivity contribution in [2.24, 2.45) is 0 Å². The second-order valence-electron chi connectivity index (χ2n) is 2.42. The Morgan fingerprint density at radius 1 is 1.62 bits per heavy atom. The van der Waals surface area contributed by atoms with E-state index >= 15 is 0 Å². The highest BCUT2D eigenvalue weighted by atomic mass is 32.1. The van der Waals surface area contributed by atoms with Crippen molar-refractivity contribution in [1.82, 2.24) is 10.1 Å². The third-order valence-corrected chi connectivity index (χ3v) is 2.34. The second kappa shape index (κ2) is 3.68. The zero-order valence-electron chi connectivity index (χ0n) is 7.06. The molecular weight excluding hydrogens is 188 g/mol. The average molecular weight is 196 g/mol. The van der Waals surface area contributed by atoms with E-state index in [9.17, 15) is 0 Å². The number of aromatic nitrogens is 2. The molecule has 0 atom stereocenters. The van der Waals surface area contributed by atoms with Crippen LogP contribution in [0.5, 0.6) is 0 Å². The number of nitrogens with zero attached hydrogens (tertiary/aromatic N) is 2. The minimum atomic E-state index is 0.359. The van der Waals surface area contributed by atoms with Crippen LogP contribution in [0, 0.1) is 0 Å². The van der Waals surface area contributed by atoms with Gasteiger partial charge in [0.2, 0.25) is 5.82 Å². The van der Waals surface area contributed by atoms with E-state index in [-0.39, 0.29) is 0 Å². The van der Waals surface area contributed by atoms with Crippen LogP contribution in [-0.4, -0.2) is 17.3 Å². The van der Waals surface area contributed by atoms with E-state index < -0.39 is 0 Å². The number of ether oxygens (including phenoxy) is 1. The van der Waals surface area contributed by atoms with E-state index in [1.165, 1.54) is 0 Å². The van der Waals surface area contributed by atoms with Gasteiger partial charge in [-0.15, -0.1) is 11.3 Å². The number of hydrogen-bond acceptors (Lipinski definition) is 5. The van der Waals surface area contributed by atoms with Crippen molar-refractivity contribution in [1.29, 1.82) is 0 Å². The van der Waals surface area contributed by atoms with Gasteiger partial charge in [-0.05, 0) is 11.4 Å². The summed E-state index contributed by atoms with van der Waals surface area (Å²) >= 11 is 1.58. The van der Waals surface area contributed by atoms with Gasteiger partial charge in [-0.3, -0.25) is 0 Å². The molecule has 2 aromatic heterocycles. The minimum absolute atomic E-state index is 0.359. The third kappa shape index (κ3) is 1.76. The molecule has 0 radical (unpaired) electrons. The molecule has 0 bridgehead atoms. The molecule has 2 aromatic rings. The number of hydrogen-bond donors (Lipinski definition) is 0. The largest absolute Gasteiger partial charge is 0.375 e. The Morgan fingerprint density at radius 2 is 2.54 bits per heavy atom. The Bertz CT molecular complexity index is 369. The molecule has 0 aliphatic heterocycles.